The van der Waals surface area contributed by atoms with Crippen molar-refractivity contribution in [3.8, 4) is 0 Å². The molecule has 2 aromatic carbocycles. The van der Waals surface area contributed by atoms with Gasteiger partial charge in [-0.3, -0.25) is 0 Å². The first-order valence-electron chi connectivity index (χ1n) is 20.7. The summed E-state index contributed by atoms with van der Waals surface area (Å²) >= 11 is 0. The summed E-state index contributed by atoms with van der Waals surface area (Å²) < 4.78 is 6.41. The lowest BCUT2D eigenvalue weighted by Gasteiger charge is -2.52. The van der Waals surface area contributed by atoms with E-state index in [2.05, 4.69) is 176 Å². The summed E-state index contributed by atoms with van der Waals surface area (Å²) in [6.45, 7) is 33.9. The maximum atomic E-state index is 6.41. The average molecular weight is 735 g/mol. The lowest BCUT2D eigenvalue weighted by molar-refractivity contribution is 0.274. The number of rotatable bonds is 5. The van der Waals surface area contributed by atoms with Gasteiger partial charge in [-0.25, -0.2) is 10.0 Å². The maximum Gasteiger partial charge on any atom is 0.126 e. The molecule has 1 nitrogen and oxygen atoms in total. The van der Waals surface area contributed by atoms with Crippen LogP contribution in [-0.2, 0) is 15.6 Å². The molecule has 0 aliphatic heterocycles. The van der Waals surface area contributed by atoms with Crippen LogP contribution in [0.15, 0.2) is 83.7 Å². The van der Waals surface area contributed by atoms with Crippen LogP contribution >= 0.6 is 10.0 Å². The van der Waals surface area contributed by atoms with Gasteiger partial charge in [0, 0.05) is 5.57 Å². The van der Waals surface area contributed by atoms with Crippen molar-refractivity contribution < 1.29 is 4.74 Å². The number of allylic oxidation sites excluding steroid dienone is 7. The third-order valence-electron chi connectivity index (χ3n) is 13.7. The maximum absolute atomic E-state index is 6.41. The molecule has 2 heteroatoms. The number of fused-ring (bicyclic) bond motifs is 2. The fourth-order valence-electron chi connectivity index (χ4n) is 11.2. The van der Waals surface area contributed by atoms with E-state index in [0.717, 1.165) is 5.76 Å². The van der Waals surface area contributed by atoms with Crippen LogP contribution < -0.4 is 0 Å². The number of methoxy groups -OCH3 is 1. The van der Waals surface area contributed by atoms with Crippen molar-refractivity contribution in [1.82, 2.24) is 0 Å². The van der Waals surface area contributed by atoms with E-state index in [-0.39, 0.29) is 21.7 Å². The van der Waals surface area contributed by atoms with Gasteiger partial charge in [-0.2, -0.15) is 0 Å². The van der Waals surface area contributed by atoms with Crippen LogP contribution in [0.25, 0.3) is 11.1 Å². The van der Waals surface area contributed by atoms with E-state index in [9.17, 15) is 0 Å². The summed E-state index contributed by atoms with van der Waals surface area (Å²) in [7, 11) is 0.808. The molecule has 0 heterocycles. The summed E-state index contributed by atoms with van der Waals surface area (Å²) in [5, 5.41) is 1.33. The molecule has 2 aromatic rings. The molecule has 2 fully saturated rings. The van der Waals surface area contributed by atoms with Gasteiger partial charge in [-0.05, 0) is 132 Å². The van der Waals surface area contributed by atoms with Crippen molar-refractivity contribution >= 4 is 21.2 Å². The molecule has 290 valence electrons. The molecule has 53 heavy (non-hydrogen) atoms. The molecule has 8 unspecified atom stereocenters. The lowest BCUT2D eigenvalue weighted by atomic mass is 9.71. The topological polar surface area (TPSA) is 9.23 Å². The smallest absolute Gasteiger partial charge is 0.126 e. The van der Waals surface area contributed by atoms with Gasteiger partial charge in [0.2, 0.25) is 0 Å². The Kier molecular flexibility index (Phi) is 10.3. The highest BCUT2D eigenvalue weighted by molar-refractivity contribution is 8.33. The molecule has 0 bridgehead atoms. The molecule has 4 aliphatic rings. The molecule has 0 spiro atoms. The van der Waals surface area contributed by atoms with Crippen molar-refractivity contribution in [2.24, 2.45) is 46.3 Å². The highest BCUT2D eigenvalue weighted by atomic mass is 32.3. The Bertz CT molecular complexity index is 1790. The minimum Gasteiger partial charge on any atom is -0.496 e. The predicted octanol–water partition coefficient (Wildman–Crippen LogP) is 14.0. The first kappa shape index (κ1) is 40.2. The van der Waals surface area contributed by atoms with E-state index in [4.69, 9.17) is 4.74 Å². The minimum atomic E-state index is -1.09. The molecule has 0 aromatic heterocycles. The van der Waals surface area contributed by atoms with Gasteiger partial charge in [-0.1, -0.05) is 164 Å². The molecule has 0 radical (unpaired) electrons. The van der Waals surface area contributed by atoms with Crippen LogP contribution in [0.4, 0.5) is 0 Å². The summed E-state index contributed by atoms with van der Waals surface area (Å²) in [6.07, 6.45) is 16.2. The Labute approximate surface area is 327 Å². The van der Waals surface area contributed by atoms with Crippen LogP contribution in [0.5, 0.6) is 0 Å². The Morgan fingerprint density at radius 1 is 0.604 bits per heavy atom. The van der Waals surface area contributed by atoms with E-state index in [1.807, 2.05) is 7.11 Å². The molecule has 0 saturated heterocycles. The van der Waals surface area contributed by atoms with E-state index < -0.39 is 10.0 Å². The average Bonchev–Trinajstić information content (AvgIpc) is 3.57. The normalized spacial score (nSPS) is 30.0. The zero-order chi connectivity index (χ0) is 39.2. The van der Waals surface area contributed by atoms with Gasteiger partial charge in [0.1, 0.15) is 5.76 Å². The molecule has 2 saturated carbocycles. The summed E-state index contributed by atoms with van der Waals surface area (Å²) in [5.41, 5.74) is 12.0. The molecule has 0 amide bonds. The number of ether oxygens (including phenoxy) is 1. The van der Waals surface area contributed by atoms with E-state index in [1.165, 1.54) is 51.8 Å². The Hall–Kier alpha value is -2.45. The van der Waals surface area contributed by atoms with Gasteiger partial charge in [0.05, 0.1) is 7.11 Å². The SMILES string of the molecule is COC1=C(c2ccccc2)C2CC(C)C(S(C)(C)C3C(C)CC4C(c5cc(C(C)(C)C)cc(C(C)(C)C)c5)=CC(C(C)(C)C)=CC43)C2C=C1C(C)(C)C. The first-order chi connectivity index (χ1) is 24.4. The second-order valence-electron chi connectivity index (χ2n) is 22.1. The van der Waals surface area contributed by atoms with Gasteiger partial charge in [0.15, 0.2) is 0 Å². The van der Waals surface area contributed by atoms with Gasteiger partial charge in [0.25, 0.3) is 0 Å². The number of benzene rings is 2. The van der Waals surface area contributed by atoms with E-state index in [1.54, 1.807) is 5.57 Å². The highest BCUT2D eigenvalue weighted by Crippen LogP contribution is 2.70. The second-order valence-corrected chi connectivity index (χ2v) is 26.2. The van der Waals surface area contributed by atoms with Crippen molar-refractivity contribution in [2.75, 3.05) is 19.6 Å². The van der Waals surface area contributed by atoms with Gasteiger partial charge >= 0.3 is 0 Å². The van der Waals surface area contributed by atoms with Crippen LogP contribution in [0.1, 0.15) is 132 Å². The molecular formula is C51H74OS. The highest BCUT2D eigenvalue weighted by Gasteiger charge is 2.56. The lowest BCUT2D eigenvalue weighted by Crippen LogP contribution is -2.39. The van der Waals surface area contributed by atoms with Crippen LogP contribution in [0.2, 0.25) is 0 Å². The van der Waals surface area contributed by atoms with E-state index in [0.29, 0.717) is 46.0 Å². The third kappa shape index (κ3) is 7.34. The van der Waals surface area contributed by atoms with E-state index >= 15 is 0 Å². The molecular weight excluding hydrogens is 661 g/mol. The summed E-state index contributed by atoms with van der Waals surface area (Å²) in [4.78, 5) is 0. The second kappa shape index (κ2) is 13.6. The van der Waals surface area contributed by atoms with Gasteiger partial charge in [-0.15, -0.1) is 0 Å². The molecule has 8 atom stereocenters. The Morgan fingerprint density at radius 2 is 1.11 bits per heavy atom. The fourth-order valence-corrected chi connectivity index (χ4v) is 16.3. The minimum absolute atomic E-state index is 0.00113. The predicted molar refractivity (Wildman–Crippen MR) is 236 cm³/mol. The quantitative estimate of drug-likeness (QED) is 0.297. The molecule has 4 aliphatic carbocycles. The van der Waals surface area contributed by atoms with Crippen LogP contribution in [0.3, 0.4) is 0 Å². The van der Waals surface area contributed by atoms with Crippen LogP contribution in [0, 0.1) is 46.3 Å². The molecule has 0 N–H and O–H groups in total. The zero-order valence-electron chi connectivity index (χ0n) is 36.7. The number of hydrogen-bond acceptors (Lipinski definition) is 1. The van der Waals surface area contributed by atoms with Crippen molar-refractivity contribution in [3.63, 3.8) is 0 Å². The van der Waals surface area contributed by atoms with Crippen molar-refractivity contribution in [1.29, 1.82) is 0 Å². The Balaban J connectivity index is 1.48. The largest absolute Gasteiger partial charge is 0.496 e. The van der Waals surface area contributed by atoms with Crippen LogP contribution in [-0.4, -0.2) is 30.1 Å². The monoisotopic (exact) mass is 735 g/mol. The Morgan fingerprint density at radius 3 is 1.58 bits per heavy atom. The summed E-state index contributed by atoms with van der Waals surface area (Å²) in [6, 6.07) is 18.8. The molecule has 6 rings (SSSR count). The fraction of sp³-hybridized carbons (Fsp3) is 0.608. The number of hydrogen-bond donors (Lipinski definition) is 0. The van der Waals surface area contributed by atoms with Crippen molar-refractivity contribution in [2.45, 2.75) is 131 Å². The third-order valence-corrected chi connectivity index (χ3v) is 18.1. The zero-order valence-corrected chi connectivity index (χ0v) is 37.5. The van der Waals surface area contributed by atoms with Crippen molar-refractivity contribution in [3.05, 3.63) is 106 Å². The first-order valence-corrected chi connectivity index (χ1v) is 23.3. The standard InChI is InChI=1S/C51H74OS/c1-31-23-39-38(34-25-35(48(3,4)5)27-36(26-34)49(6,7)8)28-37(50(9,10)11)29-41(39)46(31)53(16,17)47-32(2)24-40-42(47)30-43(51(12,13)14)45(52-15)44(40)33-21-19-18-20-22-33/h18-22,25-32,39-42,46-47H,23-24H2,1-17H3. The summed E-state index contributed by atoms with van der Waals surface area (Å²) in [5.74, 6) is 4.56. The van der Waals surface area contributed by atoms with Gasteiger partial charge < -0.3 is 4.74 Å².